The monoisotopic (exact) mass is 426 g/mol. The minimum Gasteiger partial charge on any atom is -0.378 e. The first-order valence-corrected chi connectivity index (χ1v) is 9.91. The molecule has 0 fully saturated rings. The number of H-pyrrole nitrogens is 1. The maximum Gasteiger partial charge on any atom is 0.319 e. The molecule has 1 aromatic heterocycles. The predicted molar refractivity (Wildman–Crippen MR) is 115 cm³/mol. The molecule has 1 heterocycles. The van der Waals surface area contributed by atoms with Gasteiger partial charge in [0.2, 0.25) is 0 Å². The van der Waals surface area contributed by atoms with Crippen LogP contribution in [0.25, 0.3) is 10.9 Å². The number of aromatic nitrogens is 1. The highest BCUT2D eigenvalue weighted by Crippen LogP contribution is 2.40. The number of halogens is 1. The van der Waals surface area contributed by atoms with Crippen molar-refractivity contribution in [2.75, 3.05) is 23.9 Å². The number of nitrogens with zero attached hydrogens (tertiary/aromatic N) is 2. The summed E-state index contributed by atoms with van der Waals surface area (Å²) >= 11 is 3.56. The Hall–Kier alpha value is -2.47. The lowest BCUT2D eigenvalue weighted by atomic mass is 9.90. The van der Waals surface area contributed by atoms with E-state index in [1.165, 1.54) is 10.9 Å². The van der Waals surface area contributed by atoms with E-state index in [4.69, 9.17) is 5.73 Å². The summed E-state index contributed by atoms with van der Waals surface area (Å²) in [6.45, 7) is 0. The number of amides is 2. The fourth-order valence-corrected chi connectivity index (χ4v) is 4.40. The fourth-order valence-electron chi connectivity index (χ4n) is 4.04. The Morgan fingerprint density at radius 2 is 1.85 bits per heavy atom. The van der Waals surface area contributed by atoms with E-state index >= 15 is 0 Å². The molecular weight excluding hydrogens is 404 g/mol. The highest BCUT2D eigenvalue weighted by atomic mass is 79.9. The van der Waals surface area contributed by atoms with Gasteiger partial charge in [0, 0.05) is 46.5 Å². The Labute approximate surface area is 167 Å². The number of primary amides is 1. The first kappa shape index (κ1) is 17.9. The smallest absolute Gasteiger partial charge is 0.319 e. The van der Waals surface area contributed by atoms with Gasteiger partial charge in [0.25, 0.3) is 0 Å². The van der Waals surface area contributed by atoms with Gasteiger partial charge < -0.3 is 15.6 Å². The van der Waals surface area contributed by atoms with Crippen LogP contribution in [0, 0.1) is 0 Å². The van der Waals surface area contributed by atoms with Gasteiger partial charge in [0.1, 0.15) is 0 Å². The van der Waals surface area contributed by atoms with Gasteiger partial charge in [-0.25, -0.2) is 4.79 Å². The van der Waals surface area contributed by atoms with Gasteiger partial charge in [-0.3, -0.25) is 4.90 Å². The third-order valence-corrected chi connectivity index (χ3v) is 5.83. The Balaban J connectivity index is 1.79. The molecule has 0 radical (unpaired) electrons. The molecule has 6 heteroatoms. The summed E-state index contributed by atoms with van der Waals surface area (Å²) in [6, 6.07) is 13.7. The second kappa shape index (κ2) is 6.93. The molecule has 4 rings (SSSR count). The zero-order valence-corrected chi connectivity index (χ0v) is 17.1. The van der Waals surface area contributed by atoms with Crippen molar-refractivity contribution in [2.45, 2.75) is 25.3 Å². The molecule has 2 aromatic carbocycles. The number of hydrogen-bond acceptors (Lipinski definition) is 2. The number of rotatable bonds is 3. The van der Waals surface area contributed by atoms with Gasteiger partial charge in [-0.15, -0.1) is 0 Å². The van der Waals surface area contributed by atoms with Crippen LogP contribution in [-0.4, -0.2) is 25.1 Å². The van der Waals surface area contributed by atoms with Gasteiger partial charge >= 0.3 is 6.03 Å². The van der Waals surface area contributed by atoms with Gasteiger partial charge in [-0.05, 0) is 67.3 Å². The van der Waals surface area contributed by atoms with Gasteiger partial charge in [0.15, 0.2) is 0 Å². The third kappa shape index (κ3) is 3.18. The molecule has 0 saturated heterocycles. The van der Waals surface area contributed by atoms with Crippen LogP contribution >= 0.6 is 15.9 Å². The summed E-state index contributed by atoms with van der Waals surface area (Å²) in [5.41, 5.74) is 11.2. The van der Waals surface area contributed by atoms with Crippen LogP contribution in [0.3, 0.4) is 0 Å². The van der Waals surface area contributed by atoms with Crippen molar-refractivity contribution in [1.29, 1.82) is 0 Å². The predicted octanol–water partition coefficient (Wildman–Crippen LogP) is 4.96. The molecule has 0 saturated carbocycles. The number of hydrogen-bond donors (Lipinski definition) is 2. The second-order valence-electron chi connectivity index (χ2n) is 7.23. The van der Waals surface area contributed by atoms with Crippen LogP contribution in [0.1, 0.15) is 30.1 Å². The number of anilines is 2. The molecule has 2 amide bonds. The quantitative estimate of drug-likeness (QED) is 0.621. The fraction of sp³-hybridized carbons (Fsp3) is 0.286. The average Bonchev–Trinajstić information content (AvgIpc) is 3.01. The highest BCUT2D eigenvalue weighted by molar-refractivity contribution is 9.10. The summed E-state index contributed by atoms with van der Waals surface area (Å²) in [6.07, 6.45) is 2.92. The van der Waals surface area contributed by atoms with Crippen molar-refractivity contribution in [3.8, 4) is 0 Å². The number of carbonyl (C=O) groups is 1. The summed E-state index contributed by atoms with van der Waals surface area (Å²) in [5.74, 6) is 0. The number of aryl methyl sites for hydroxylation is 1. The molecule has 0 spiro atoms. The molecule has 1 unspecified atom stereocenters. The van der Waals surface area contributed by atoms with E-state index in [-0.39, 0.29) is 6.04 Å². The largest absolute Gasteiger partial charge is 0.378 e. The number of nitrogens with two attached hydrogens (primary N) is 1. The third-order valence-electron chi connectivity index (χ3n) is 5.33. The van der Waals surface area contributed by atoms with E-state index in [1.807, 2.05) is 49.3 Å². The highest BCUT2D eigenvalue weighted by Gasteiger charge is 2.32. The van der Waals surface area contributed by atoms with Crippen LogP contribution in [0.4, 0.5) is 16.2 Å². The maximum absolute atomic E-state index is 12.4. The number of nitrogens with one attached hydrogen (secondary N) is 1. The molecule has 5 nitrogen and oxygen atoms in total. The van der Waals surface area contributed by atoms with Crippen molar-refractivity contribution >= 4 is 44.2 Å². The zero-order chi connectivity index (χ0) is 19.1. The molecule has 1 atom stereocenters. The maximum atomic E-state index is 12.4. The minimum absolute atomic E-state index is 0.0809. The number of fused-ring (bicyclic) bond motifs is 3. The van der Waals surface area contributed by atoms with Crippen LogP contribution < -0.4 is 15.5 Å². The van der Waals surface area contributed by atoms with Crippen molar-refractivity contribution in [3.63, 3.8) is 0 Å². The normalized spacial score (nSPS) is 16.2. The van der Waals surface area contributed by atoms with Crippen LogP contribution in [0.15, 0.2) is 46.9 Å². The Kier molecular flexibility index (Phi) is 4.60. The molecular formula is C21H23BrN4O. The summed E-state index contributed by atoms with van der Waals surface area (Å²) in [4.78, 5) is 19.7. The lowest BCUT2D eigenvalue weighted by Crippen LogP contribution is -2.40. The molecule has 1 aliphatic rings. The zero-order valence-electron chi connectivity index (χ0n) is 15.5. The van der Waals surface area contributed by atoms with Gasteiger partial charge in [-0.2, -0.15) is 0 Å². The minimum atomic E-state index is -0.426. The molecule has 27 heavy (non-hydrogen) atoms. The summed E-state index contributed by atoms with van der Waals surface area (Å²) < 4.78 is 1.06. The standard InChI is InChI=1S/C21H23BrN4O/c1-25(2)14-7-9-15(10-8-14)26(21(23)27)19-5-3-4-16-17-12-13(22)6-11-18(17)24-20(16)19/h6-12,19,24H,3-5H2,1-2H3,(H2,23,27). The molecule has 140 valence electrons. The lowest BCUT2D eigenvalue weighted by molar-refractivity contribution is 0.250. The van der Waals surface area contributed by atoms with Crippen LogP contribution in [0.5, 0.6) is 0 Å². The Morgan fingerprint density at radius 1 is 1.15 bits per heavy atom. The van der Waals surface area contributed by atoms with Gasteiger partial charge in [-0.1, -0.05) is 15.9 Å². The molecule has 1 aliphatic carbocycles. The van der Waals surface area contributed by atoms with Crippen LogP contribution in [-0.2, 0) is 6.42 Å². The van der Waals surface area contributed by atoms with Crippen molar-refractivity contribution in [3.05, 3.63) is 58.2 Å². The average molecular weight is 427 g/mol. The lowest BCUT2D eigenvalue weighted by Gasteiger charge is -2.33. The van der Waals surface area contributed by atoms with E-state index < -0.39 is 6.03 Å². The Morgan fingerprint density at radius 3 is 2.52 bits per heavy atom. The first-order chi connectivity index (χ1) is 13.0. The summed E-state index contributed by atoms with van der Waals surface area (Å²) in [5, 5.41) is 1.22. The number of carbonyl (C=O) groups excluding carboxylic acids is 1. The summed E-state index contributed by atoms with van der Waals surface area (Å²) in [7, 11) is 3.99. The molecule has 3 aromatic rings. The first-order valence-electron chi connectivity index (χ1n) is 9.12. The van der Waals surface area contributed by atoms with E-state index in [0.717, 1.165) is 46.3 Å². The number of urea groups is 1. The Bertz CT molecular complexity index is 993. The molecule has 3 N–H and O–H groups in total. The van der Waals surface area contributed by atoms with E-state index in [0.29, 0.717) is 0 Å². The molecule has 0 bridgehead atoms. The van der Waals surface area contributed by atoms with Crippen LogP contribution in [0.2, 0.25) is 0 Å². The number of benzene rings is 2. The van der Waals surface area contributed by atoms with Gasteiger partial charge in [0.05, 0.1) is 6.04 Å². The SMILES string of the molecule is CN(C)c1ccc(N(C(N)=O)C2CCCc3c2[nH]c2ccc(Br)cc32)cc1. The van der Waals surface area contributed by atoms with Crippen molar-refractivity contribution in [1.82, 2.24) is 4.98 Å². The van der Waals surface area contributed by atoms with E-state index in [9.17, 15) is 4.79 Å². The molecule has 0 aliphatic heterocycles. The van der Waals surface area contributed by atoms with E-state index in [2.05, 4.69) is 33.0 Å². The van der Waals surface area contributed by atoms with Crippen molar-refractivity contribution in [2.24, 2.45) is 5.73 Å². The topological polar surface area (TPSA) is 65.4 Å². The van der Waals surface area contributed by atoms with E-state index in [1.54, 1.807) is 4.90 Å². The van der Waals surface area contributed by atoms with Crippen molar-refractivity contribution < 1.29 is 4.79 Å². The number of aromatic amines is 1. The second-order valence-corrected chi connectivity index (χ2v) is 8.15.